The number of sulfonamides is 1. The van der Waals surface area contributed by atoms with Crippen molar-refractivity contribution in [3.05, 3.63) is 30.1 Å². The molecule has 7 heteroatoms. The highest BCUT2D eigenvalue weighted by molar-refractivity contribution is 7.89. The second-order valence-electron chi connectivity index (χ2n) is 5.97. The molecule has 0 aromatic heterocycles. The average molecular weight is 342 g/mol. The first kappa shape index (κ1) is 17.9. The second-order valence-corrected chi connectivity index (χ2v) is 7.91. The quantitative estimate of drug-likeness (QED) is 0.891. The fourth-order valence-electron chi connectivity index (χ4n) is 2.59. The van der Waals surface area contributed by atoms with Crippen molar-refractivity contribution in [2.45, 2.75) is 44.0 Å². The van der Waals surface area contributed by atoms with Crippen molar-refractivity contribution in [1.82, 2.24) is 9.62 Å². The van der Waals surface area contributed by atoms with Gasteiger partial charge in [-0.3, -0.25) is 4.79 Å². The van der Waals surface area contributed by atoms with Gasteiger partial charge in [-0.2, -0.15) is 4.31 Å². The molecule has 1 aliphatic heterocycles. The molecule has 1 heterocycles. The zero-order chi connectivity index (χ0) is 17.0. The SMILES string of the molecule is CC[C@H](C)NC(=O)[C@H]1CCCN(S(=O)(=O)c2ccc(F)cc2)C1. The van der Waals surface area contributed by atoms with Crippen LogP contribution in [-0.4, -0.2) is 37.8 Å². The Labute approximate surface area is 136 Å². The lowest BCUT2D eigenvalue weighted by Gasteiger charge is -2.31. The minimum absolute atomic E-state index is 0.0573. The fourth-order valence-corrected chi connectivity index (χ4v) is 4.12. The number of nitrogens with zero attached hydrogens (tertiary/aromatic N) is 1. The third kappa shape index (κ3) is 4.29. The topological polar surface area (TPSA) is 66.5 Å². The molecule has 0 bridgehead atoms. The Morgan fingerprint density at radius 1 is 1.39 bits per heavy atom. The third-order valence-electron chi connectivity index (χ3n) is 4.21. The summed E-state index contributed by atoms with van der Waals surface area (Å²) in [7, 11) is -3.69. The maximum Gasteiger partial charge on any atom is 0.243 e. The lowest BCUT2D eigenvalue weighted by Crippen LogP contribution is -2.46. The molecule has 5 nitrogen and oxygen atoms in total. The average Bonchev–Trinajstić information content (AvgIpc) is 2.55. The Kier molecular flexibility index (Phi) is 5.75. The number of hydrogen-bond donors (Lipinski definition) is 1. The number of hydrogen-bond acceptors (Lipinski definition) is 3. The van der Waals surface area contributed by atoms with Crippen LogP contribution in [0.1, 0.15) is 33.1 Å². The van der Waals surface area contributed by atoms with Gasteiger partial charge >= 0.3 is 0 Å². The van der Waals surface area contributed by atoms with Crippen molar-refractivity contribution in [3.8, 4) is 0 Å². The van der Waals surface area contributed by atoms with Crippen molar-refractivity contribution >= 4 is 15.9 Å². The summed E-state index contributed by atoms with van der Waals surface area (Å²) >= 11 is 0. The molecule has 0 spiro atoms. The zero-order valence-corrected chi connectivity index (χ0v) is 14.3. The van der Waals surface area contributed by atoms with Crippen molar-refractivity contribution in [3.63, 3.8) is 0 Å². The first-order chi connectivity index (χ1) is 10.8. The Morgan fingerprint density at radius 2 is 2.04 bits per heavy atom. The molecule has 2 atom stereocenters. The Morgan fingerprint density at radius 3 is 2.65 bits per heavy atom. The van der Waals surface area contributed by atoms with Crippen LogP contribution in [0.3, 0.4) is 0 Å². The molecule has 128 valence electrons. The molecule has 0 radical (unpaired) electrons. The van der Waals surface area contributed by atoms with Gasteiger partial charge in [0.25, 0.3) is 0 Å². The molecule has 1 aromatic rings. The molecule has 1 fully saturated rings. The summed E-state index contributed by atoms with van der Waals surface area (Å²) in [5.41, 5.74) is 0. The van der Waals surface area contributed by atoms with Gasteiger partial charge in [0.15, 0.2) is 0 Å². The van der Waals surface area contributed by atoms with E-state index in [1.807, 2.05) is 13.8 Å². The fraction of sp³-hybridized carbons (Fsp3) is 0.562. The number of carbonyl (C=O) groups excluding carboxylic acids is 1. The molecule has 1 amide bonds. The van der Waals surface area contributed by atoms with E-state index in [1.54, 1.807) is 0 Å². The predicted octanol–water partition coefficient (Wildman–Crippen LogP) is 2.14. The molecular formula is C16H23FN2O3S. The van der Waals surface area contributed by atoms with E-state index in [2.05, 4.69) is 5.32 Å². The number of benzene rings is 1. The lowest BCUT2D eigenvalue weighted by molar-refractivity contribution is -0.126. The maximum absolute atomic E-state index is 13.0. The van der Waals surface area contributed by atoms with Crippen LogP contribution in [0.4, 0.5) is 4.39 Å². The van der Waals surface area contributed by atoms with Crippen molar-refractivity contribution in [2.24, 2.45) is 5.92 Å². The minimum atomic E-state index is -3.69. The van der Waals surface area contributed by atoms with Crippen LogP contribution in [-0.2, 0) is 14.8 Å². The van der Waals surface area contributed by atoms with Gasteiger partial charge in [-0.1, -0.05) is 6.92 Å². The predicted molar refractivity (Wildman–Crippen MR) is 85.8 cm³/mol. The standard InChI is InChI=1S/C16H23FN2O3S/c1-3-12(2)18-16(20)13-5-4-10-19(11-13)23(21,22)15-8-6-14(17)7-9-15/h6-9,12-13H,3-5,10-11H2,1-2H3,(H,18,20)/t12-,13-/m0/s1. The van der Waals surface area contributed by atoms with Gasteiger partial charge in [-0.05, 0) is 50.5 Å². The Hall–Kier alpha value is -1.47. The van der Waals surface area contributed by atoms with Gasteiger partial charge in [0.1, 0.15) is 5.82 Å². The van der Waals surface area contributed by atoms with E-state index in [0.29, 0.717) is 19.4 Å². The highest BCUT2D eigenvalue weighted by atomic mass is 32.2. The van der Waals surface area contributed by atoms with E-state index in [1.165, 1.54) is 16.4 Å². The number of nitrogens with one attached hydrogen (secondary N) is 1. The molecule has 1 N–H and O–H groups in total. The molecule has 1 aliphatic rings. The summed E-state index contributed by atoms with van der Waals surface area (Å²) in [5.74, 6) is -0.917. The summed E-state index contributed by atoms with van der Waals surface area (Å²) in [6.45, 7) is 4.46. The van der Waals surface area contributed by atoms with Gasteiger partial charge in [0, 0.05) is 19.1 Å². The van der Waals surface area contributed by atoms with Gasteiger partial charge in [0.05, 0.1) is 10.8 Å². The van der Waals surface area contributed by atoms with Crippen molar-refractivity contribution in [2.75, 3.05) is 13.1 Å². The van der Waals surface area contributed by atoms with Crippen LogP contribution >= 0.6 is 0 Å². The summed E-state index contributed by atoms with van der Waals surface area (Å²) < 4.78 is 39.5. The molecule has 0 aliphatic carbocycles. The smallest absolute Gasteiger partial charge is 0.243 e. The first-order valence-electron chi connectivity index (χ1n) is 7.90. The highest BCUT2D eigenvalue weighted by Crippen LogP contribution is 2.24. The number of piperidine rings is 1. The monoisotopic (exact) mass is 342 g/mol. The van der Waals surface area contributed by atoms with E-state index in [9.17, 15) is 17.6 Å². The van der Waals surface area contributed by atoms with Gasteiger partial charge in [-0.15, -0.1) is 0 Å². The second kappa shape index (κ2) is 7.40. The van der Waals surface area contributed by atoms with E-state index < -0.39 is 15.8 Å². The van der Waals surface area contributed by atoms with Crippen LogP contribution in [0.2, 0.25) is 0 Å². The van der Waals surface area contributed by atoms with Crippen LogP contribution in [0.15, 0.2) is 29.2 Å². The Balaban J connectivity index is 2.11. The van der Waals surface area contributed by atoms with E-state index in [0.717, 1.165) is 18.6 Å². The summed E-state index contributed by atoms with van der Waals surface area (Å²) in [6, 6.07) is 4.85. The molecule has 1 aromatic carbocycles. The number of amides is 1. The summed E-state index contributed by atoms with van der Waals surface area (Å²) in [4.78, 5) is 12.3. The molecule has 0 saturated carbocycles. The zero-order valence-electron chi connectivity index (χ0n) is 13.5. The van der Waals surface area contributed by atoms with Crippen LogP contribution in [0, 0.1) is 11.7 Å². The van der Waals surface area contributed by atoms with Crippen LogP contribution in [0.25, 0.3) is 0 Å². The van der Waals surface area contributed by atoms with Crippen LogP contribution in [0.5, 0.6) is 0 Å². The number of rotatable bonds is 5. The first-order valence-corrected chi connectivity index (χ1v) is 9.34. The van der Waals surface area contributed by atoms with Gasteiger partial charge < -0.3 is 5.32 Å². The van der Waals surface area contributed by atoms with Gasteiger partial charge in [0.2, 0.25) is 15.9 Å². The molecule has 2 rings (SSSR count). The third-order valence-corrected chi connectivity index (χ3v) is 6.09. The number of halogens is 1. The largest absolute Gasteiger partial charge is 0.353 e. The van der Waals surface area contributed by atoms with E-state index in [4.69, 9.17) is 0 Å². The van der Waals surface area contributed by atoms with Crippen LogP contribution < -0.4 is 5.32 Å². The summed E-state index contributed by atoms with van der Waals surface area (Å²) in [6.07, 6.45) is 2.15. The van der Waals surface area contributed by atoms with Gasteiger partial charge in [-0.25, -0.2) is 12.8 Å². The lowest BCUT2D eigenvalue weighted by atomic mass is 9.98. The Bertz CT molecular complexity index is 646. The number of carbonyl (C=O) groups is 1. The molecule has 0 unspecified atom stereocenters. The van der Waals surface area contributed by atoms with Crippen molar-refractivity contribution < 1.29 is 17.6 Å². The van der Waals surface area contributed by atoms with E-state index in [-0.39, 0.29) is 29.3 Å². The highest BCUT2D eigenvalue weighted by Gasteiger charge is 2.33. The molecule has 1 saturated heterocycles. The molecular weight excluding hydrogens is 319 g/mol. The van der Waals surface area contributed by atoms with E-state index >= 15 is 0 Å². The normalized spacial score (nSPS) is 20.9. The molecule has 23 heavy (non-hydrogen) atoms. The maximum atomic E-state index is 13.0. The van der Waals surface area contributed by atoms with Crippen molar-refractivity contribution in [1.29, 1.82) is 0 Å². The summed E-state index contributed by atoms with van der Waals surface area (Å²) in [5, 5.41) is 2.91. The minimum Gasteiger partial charge on any atom is -0.353 e.